The highest BCUT2D eigenvalue weighted by Gasteiger charge is 2.24. The number of furan rings is 1. The van der Waals surface area contributed by atoms with Crippen molar-refractivity contribution < 1.29 is 14.0 Å². The molecule has 1 aromatic carbocycles. The monoisotopic (exact) mass is 390 g/mol. The van der Waals surface area contributed by atoms with Gasteiger partial charge in [-0.15, -0.1) is 0 Å². The molecular weight excluding hydrogens is 368 g/mol. The number of carbonyl (C=O) groups excluding carboxylic acids is 2. The summed E-state index contributed by atoms with van der Waals surface area (Å²) in [6.45, 7) is 4.56. The van der Waals surface area contributed by atoms with Gasteiger partial charge in [-0.05, 0) is 37.3 Å². The number of nitrogens with zero attached hydrogens (tertiary/aromatic N) is 2. The van der Waals surface area contributed by atoms with Crippen molar-refractivity contribution in [2.24, 2.45) is 0 Å². The van der Waals surface area contributed by atoms with Crippen molar-refractivity contribution in [3.05, 3.63) is 53.4 Å². The molecule has 0 aliphatic carbocycles. The highest BCUT2D eigenvalue weighted by Crippen LogP contribution is 2.20. The number of amides is 3. The molecule has 27 heavy (non-hydrogen) atoms. The van der Waals surface area contributed by atoms with Gasteiger partial charge in [0.05, 0.1) is 12.8 Å². The number of halogens is 1. The number of carbonyl (C=O) groups is 2. The van der Waals surface area contributed by atoms with Gasteiger partial charge in [0.25, 0.3) is 0 Å². The van der Waals surface area contributed by atoms with E-state index >= 15 is 0 Å². The van der Waals surface area contributed by atoms with Crippen LogP contribution in [0.4, 0.5) is 10.5 Å². The van der Waals surface area contributed by atoms with Gasteiger partial charge in [0.1, 0.15) is 11.8 Å². The average Bonchev–Trinajstić information content (AvgIpc) is 3.19. The first-order valence-corrected chi connectivity index (χ1v) is 9.27. The molecule has 7 nitrogen and oxygen atoms in total. The van der Waals surface area contributed by atoms with Crippen molar-refractivity contribution in [2.45, 2.75) is 19.5 Å². The Balaban J connectivity index is 1.44. The lowest BCUT2D eigenvalue weighted by Crippen LogP contribution is -2.55. The third kappa shape index (κ3) is 5.17. The van der Waals surface area contributed by atoms with Gasteiger partial charge in [-0.25, -0.2) is 4.79 Å². The lowest BCUT2D eigenvalue weighted by atomic mass is 10.2. The Bertz CT molecular complexity index is 773. The number of anilines is 1. The van der Waals surface area contributed by atoms with Crippen molar-refractivity contribution in [1.29, 1.82) is 0 Å². The lowest BCUT2D eigenvalue weighted by molar-refractivity contribution is -0.122. The van der Waals surface area contributed by atoms with E-state index < -0.39 is 6.04 Å². The van der Waals surface area contributed by atoms with E-state index in [2.05, 4.69) is 15.5 Å². The standard InChI is InChI=1S/C19H23ClN4O3/c1-14(18(25)21-13-17-6-3-11-27-17)22-19(26)24-9-7-23(8-10-24)16-5-2-4-15(20)12-16/h2-6,11-12,14H,7-10,13H2,1H3,(H,21,25)(H,22,26)/t14-/m1/s1. The average molecular weight is 391 g/mol. The van der Waals surface area contributed by atoms with Gasteiger partial charge in [0.2, 0.25) is 5.91 Å². The molecule has 8 heteroatoms. The van der Waals surface area contributed by atoms with Crippen LogP contribution < -0.4 is 15.5 Å². The van der Waals surface area contributed by atoms with Gasteiger partial charge in [0, 0.05) is 36.9 Å². The summed E-state index contributed by atoms with van der Waals surface area (Å²) in [4.78, 5) is 28.4. The van der Waals surface area contributed by atoms with Crippen molar-refractivity contribution >= 4 is 29.2 Å². The third-order valence-corrected chi connectivity index (χ3v) is 4.73. The van der Waals surface area contributed by atoms with Gasteiger partial charge >= 0.3 is 6.03 Å². The number of nitrogens with one attached hydrogen (secondary N) is 2. The molecule has 0 saturated carbocycles. The van der Waals surface area contributed by atoms with Crippen molar-refractivity contribution in [3.8, 4) is 0 Å². The van der Waals surface area contributed by atoms with Gasteiger partial charge in [-0.1, -0.05) is 17.7 Å². The minimum atomic E-state index is -0.626. The lowest BCUT2D eigenvalue weighted by Gasteiger charge is -2.36. The highest BCUT2D eigenvalue weighted by atomic mass is 35.5. The number of hydrogen-bond acceptors (Lipinski definition) is 4. The number of benzene rings is 1. The summed E-state index contributed by atoms with van der Waals surface area (Å²) in [6.07, 6.45) is 1.55. The molecular formula is C19H23ClN4O3. The molecule has 2 N–H and O–H groups in total. The van der Waals surface area contributed by atoms with E-state index in [1.54, 1.807) is 30.2 Å². The molecule has 1 atom stereocenters. The molecule has 0 radical (unpaired) electrons. The van der Waals surface area contributed by atoms with E-state index in [9.17, 15) is 9.59 Å². The molecule has 1 saturated heterocycles. The smallest absolute Gasteiger partial charge is 0.318 e. The Kier molecular flexibility index (Phi) is 6.24. The van der Waals surface area contributed by atoms with Crippen molar-refractivity contribution in [3.63, 3.8) is 0 Å². The first-order chi connectivity index (χ1) is 13.0. The summed E-state index contributed by atoms with van der Waals surface area (Å²) >= 11 is 6.04. The van der Waals surface area contributed by atoms with E-state index in [4.69, 9.17) is 16.0 Å². The van der Waals surface area contributed by atoms with Crippen LogP contribution in [-0.4, -0.2) is 49.1 Å². The summed E-state index contributed by atoms with van der Waals surface area (Å²) in [6, 6.07) is 10.4. The molecule has 1 aliphatic heterocycles. The van der Waals surface area contributed by atoms with Crippen LogP contribution in [0.25, 0.3) is 0 Å². The zero-order chi connectivity index (χ0) is 19.2. The van der Waals surface area contributed by atoms with Crippen LogP contribution in [0, 0.1) is 0 Å². The van der Waals surface area contributed by atoms with E-state index in [-0.39, 0.29) is 11.9 Å². The fourth-order valence-corrected chi connectivity index (χ4v) is 3.11. The molecule has 144 valence electrons. The Morgan fingerprint density at radius 2 is 1.96 bits per heavy atom. The Morgan fingerprint density at radius 3 is 2.63 bits per heavy atom. The first kappa shape index (κ1) is 19.1. The molecule has 2 aromatic rings. The number of piperazine rings is 1. The molecule has 3 amide bonds. The van der Waals surface area contributed by atoms with Crippen LogP contribution in [-0.2, 0) is 11.3 Å². The molecule has 1 aliphatic rings. The minimum Gasteiger partial charge on any atom is -0.467 e. The van der Waals surface area contributed by atoms with Crippen LogP contribution >= 0.6 is 11.6 Å². The highest BCUT2D eigenvalue weighted by molar-refractivity contribution is 6.30. The van der Waals surface area contributed by atoms with Gasteiger partial charge < -0.3 is 24.9 Å². The normalized spacial score (nSPS) is 15.3. The minimum absolute atomic E-state index is 0.235. The summed E-state index contributed by atoms with van der Waals surface area (Å²) < 4.78 is 5.17. The van der Waals surface area contributed by atoms with Crippen molar-refractivity contribution in [1.82, 2.24) is 15.5 Å². The van der Waals surface area contributed by atoms with Gasteiger partial charge in [0.15, 0.2) is 0 Å². The molecule has 1 fully saturated rings. The Hall–Kier alpha value is -2.67. The fraction of sp³-hybridized carbons (Fsp3) is 0.368. The molecule has 0 unspecified atom stereocenters. The Morgan fingerprint density at radius 1 is 1.19 bits per heavy atom. The molecule has 2 heterocycles. The predicted octanol–water partition coefficient (Wildman–Crippen LogP) is 2.47. The summed E-state index contributed by atoms with van der Waals surface area (Å²) in [7, 11) is 0. The second-order valence-electron chi connectivity index (χ2n) is 6.42. The van der Waals surface area contributed by atoms with Crippen LogP contribution in [0.15, 0.2) is 47.1 Å². The summed E-state index contributed by atoms with van der Waals surface area (Å²) in [5.41, 5.74) is 1.05. The number of urea groups is 1. The summed E-state index contributed by atoms with van der Waals surface area (Å²) in [5, 5.41) is 6.18. The van der Waals surface area contributed by atoms with Crippen LogP contribution in [0.3, 0.4) is 0 Å². The van der Waals surface area contributed by atoms with E-state index in [1.165, 1.54) is 0 Å². The largest absolute Gasteiger partial charge is 0.467 e. The van der Waals surface area contributed by atoms with Gasteiger partial charge in [-0.2, -0.15) is 0 Å². The van der Waals surface area contributed by atoms with Crippen LogP contribution in [0.1, 0.15) is 12.7 Å². The fourth-order valence-electron chi connectivity index (χ4n) is 2.92. The number of rotatable bonds is 5. The number of hydrogen-bond donors (Lipinski definition) is 2. The van der Waals surface area contributed by atoms with Gasteiger partial charge in [-0.3, -0.25) is 4.79 Å². The zero-order valence-electron chi connectivity index (χ0n) is 15.2. The topological polar surface area (TPSA) is 77.8 Å². The first-order valence-electron chi connectivity index (χ1n) is 8.89. The van der Waals surface area contributed by atoms with E-state index in [0.29, 0.717) is 43.5 Å². The van der Waals surface area contributed by atoms with E-state index in [1.807, 2.05) is 24.3 Å². The van der Waals surface area contributed by atoms with Crippen LogP contribution in [0.2, 0.25) is 5.02 Å². The maximum absolute atomic E-state index is 12.4. The maximum Gasteiger partial charge on any atom is 0.318 e. The molecule has 0 bridgehead atoms. The SMILES string of the molecule is C[C@@H](NC(=O)N1CCN(c2cccc(Cl)c2)CC1)C(=O)NCc1ccco1. The Labute approximate surface area is 163 Å². The zero-order valence-corrected chi connectivity index (χ0v) is 15.9. The third-order valence-electron chi connectivity index (χ3n) is 4.49. The van der Waals surface area contributed by atoms with Crippen LogP contribution in [0.5, 0.6) is 0 Å². The van der Waals surface area contributed by atoms with E-state index in [0.717, 1.165) is 5.69 Å². The summed E-state index contributed by atoms with van der Waals surface area (Å²) in [5.74, 6) is 0.413. The molecule has 1 aromatic heterocycles. The quantitative estimate of drug-likeness (QED) is 0.822. The second-order valence-corrected chi connectivity index (χ2v) is 6.86. The second kappa shape index (κ2) is 8.81. The molecule has 3 rings (SSSR count). The molecule has 0 spiro atoms. The maximum atomic E-state index is 12.4. The predicted molar refractivity (Wildman–Crippen MR) is 104 cm³/mol. The van der Waals surface area contributed by atoms with Crippen molar-refractivity contribution in [2.75, 3.05) is 31.1 Å².